The summed E-state index contributed by atoms with van der Waals surface area (Å²) < 4.78 is 2.34. The smallest absolute Gasteiger partial charge is 0.228 e. The van der Waals surface area contributed by atoms with Crippen LogP contribution in [0.25, 0.3) is 11.3 Å². The van der Waals surface area contributed by atoms with Gasteiger partial charge in [0.2, 0.25) is 5.91 Å². The summed E-state index contributed by atoms with van der Waals surface area (Å²) in [7, 11) is 1.79. The molecule has 1 aliphatic heterocycles. The Hall–Kier alpha value is -2.13. The number of aryl methyl sites for hydroxylation is 1. The normalized spacial score (nSPS) is 13.0. The van der Waals surface area contributed by atoms with Crippen LogP contribution in [0.1, 0.15) is 11.3 Å². The van der Waals surface area contributed by atoms with Gasteiger partial charge in [0.1, 0.15) is 6.07 Å². The summed E-state index contributed by atoms with van der Waals surface area (Å²) in [4.78, 5) is 11.4. The number of fused-ring (bicyclic) bond motifs is 1. The lowest BCUT2D eigenvalue weighted by molar-refractivity contribution is -0.115. The molecule has 0 atom stereocenters. The number of anilines is 1. The largest absolute Gasteiger partial charge is 0.326 e. The lowest BCUT2D eigenvalue weighted by Crippen LogP contribution is -2.03. The molecule has 5 nitrogen and oxygen atoms in total. The van der Waals surface area contributed by atoms with E-state index in [0.717, 1.165) is 22.5 Å². The standard InChI is InChI=1S/C13H9BrN4O/c1-18-13(12(14)10(6-15)17-18)7-2-3-9-8(4-7)5-11(19)16-9/h2-4H,5H2,1H3,(H,16,19). The molecule has 0 unspecified atom stereocenters. The molecule has 2 aromatic rings. The van der Waals surface area contributed by atoms with Gasteiger partial charge in [0.25, 0.3) is 0 Å². The zero-order chi connectivity index (χ0) is 13.6. The number of carbonyl (C=O) groups is 1. The Morgan fingerprint density at radius 3 is 3.00 bits per heavy atom. The Kier molecular flexibility index (Phi) is 2.64. The molecule has 0 bridgehead atoms. The third-order valence-electron chi connectivity index (χ3n) is 3.10. The molecule has 1 aromatic carbocycles. The van der Waals surface area contributed by atoms with Gasteiger partial charge < -0.3 is 5.32 Å². The van der Waals surface area contributed by atoms with Crippen molar-refractivity contribution in [3.05, 3.63) is 33.9 Å². The van der Waals surface area contributed by atoms with Gasteiger partial charge in [-0.2, -0.15) is 10.4 Å². The van der Waals surface area contributed by atoms with Crippen molar-refractivity contribution in [1.29, 1.82) is 5.26 Å². The Morgan fingerprint density at radius 2 is 2.32 bits per heavy atom. The lowest BCUT2D eigenvalue weighted by atomic mass is 10.1. The van der Waals surface area contributed by atoms with Gasteiger partial charge in [0.05, 0.1) is 16.6 Å². The molecule has 1 aromatic heterocycles. The zero-order valence-electron chi connectivity index (χ0n) is 10.1. The molecular formula is C13H9BrN4O. The van der Waals surface area contributed by atoms with E-state index in [-0.39, 0.29) is 5.91 Å². The second-order valence-corrected chi connectivity index (χ2v) is 5.14. The van der Waals surface area contributed by atoms with Crippen LogP contribution in [-0.4, -0.2) is 15.7 Å². The first-order valence-corrected chi connectivity index (χ1v) is 6.45. The first-order chi connectivity index (χ1) is 9.10. The molecule has 0 spiro atoms. The molecule has 2 heterocycles. The Bertz CT molecular complexity index is 742. The van der Waals surface area contributed by atoms with Crippen molar-refractivity contribution in [3.63, 3.8) is 0 Å². The minimum Gasteiger partial charge on any atom is -0.326 e. The second kappa shape index (κ2) is 4.21. The predicted octanol–water partition coefficient (Wildman–Crippen LogP) is 2.22. The van der Waals surface area contributed by atoms with Crippen molar-refractivity contribution in [3.8, 4) is 17.3 Å². The van der Waals surface area contributed by atoms with E-state index >= 15 is 0 Å². The maximum atomic E-state index is 11.4. The predicted molar refractivity (Wildman–Crippen MR) is 73.4 cm³/mol. The summed E-state index contributed by atoms with van der Waals surface area (Å²) >= 11 is 3.40. The van der Waals surface area contributed by atoms with E-state index in [1.807, 2.05) is 24.3 Å². The molecule has 0 aliphatic carbocycles. The zero-order valence-corrected chi connectivity index (χ0v) is 11.7. The number of nitrogens with one attached hydrogen (secondary N) is 1. The van der Waals surface area contributed by atoms with Crippen molar-refractivity contribution in [1.82, 2.24) is 9.78 Å². The van der Waals surface area contributed by atoms with Gasteiger partial charge in [-0.3, -0.25) is 9.48 Å². The number of rotatable bonds is 1. The number of nitriles is 1. The van der Waals surface area contributed by atoms with Gasteiger partial charge in [-0.05, 0) is 33.6 Å². The first kappa shape index (κ1) is 11.9. The number of carbonyl (C=O) groups excluding carboxylic acids is 1. The van der Waals surface area contributed by atoms with Gasteiger partial charge in [-0.25, -0.2) is 0 Å². The maximum Gasteiger partial charge on any atom is 0.228 e. The number of amides is 1. The molecule has 0 saturated carbocycles. The molecule has 0 fully saturated rings. The third-order valence-corrected chi connectivity index (χ3v) is 3.85. The molecule has 6 heteroatoms. The van der Waals surface area contributed by atoms with Crippen LogP contribution in [-0.2, 0) is 18.3 Å². The SMILES string of the molecule is Cn1nc(C#N)c(Br)c1-c1ccc2c(c1)CC(=O)N2. The number of hydrogen-bond acceptors (Lipinski definition) is 3. The molecule has 94 valence electrons. The van der Waals surface area contributed by atoms with E-state index in [2.05, 4.69) is 26.3 Å². The molecule has 0 radical (unpaired) electrons. The van der Waals surface area contributed by atoms with Crippen LogP contribution in [0, 0.1) is 11.3 Å². The number of benzene rings is 1. The average molecular weight is 317 g/mol. The summed E-state index contributed by atoms with van der Waals surface area (Å²) in [6, 6.07) is 7.78. The molecule has 1 aliphatic rings. The highest BCUT2D eigenvalue weighted by Gasteiger charge is 2.20. The van der Waals surface area contributed by atoms with Crippen molar-refractivity contribution in [2.75, 3.05) is 5.32 Å². The summed E-state index contributed by atoms with van der Waals surface area (Å²) in [6.45, 7) is 0. The van der Waals surface area contributed by atoms with Crippen molar-refractivity contribution < 1.29 is 4.79 Å². The molecule has 1 amide bonds. The number of aromatic nitrogens is 2. The average Bonchev–Trinajstić information content (AvgIpc) is 2.87. The van der Waals surface area contributed by atoms with E-state index in [4.69, 9.17) is 5.26 Å². The number of hydrogen-bond donors (Lipinski definition) is 1. The molecular weight excluding hydrogens is 308 g/mol. The monoisotopic (exact) mass is 316 g/mol. The van der Waals surface area contributed by atoms with Crippen LogP contribution in [0.4, 0.5) is 5.69 Å². The maximum absolute atomic E-state index is 11.4. The van der Waals surface area contributed by atoms with E-state index in [1.54, 1.807) is 11.7 Å². The van der Waals surface area contributed by atoms with Gasteiger partial charge in [-0.15, -0.1) is 0 Å². The van der Waals surface area contributed by atoms with E-state index < -0.39 is 0 Å². The van der Waals surface area contributed by atoms with Crippen molar-refractivity contribution in [2.24, 2.45) is 7.05 Å². The molecule has 3 rings (SSSR count). The first-order valence-electron chi connectivity index (χ1n) is 5.66. The number of nitrogens with zero attached hydrogens (tertiary/aromatic N) is 3. The highest BCUT2D eigenvalue weighted by Crippen LogP contribution is 2.34. The van der Waals surface area contributed by atoms with Crippen LogP contribution >= 0.6 is 15.9 Å². The summed E-state index contributed by atoms with van der Waals surface area (Å²) in [5.74, 6) is 0.00827. The topological polar surface area (TPSA) is 70.7 Å². The summed E-state index contributed by atoms with van der Waals surface area (Å²) in [5, 5.41) is 15.9. The van der Waals surface area contributed by atoms with Crippen LogP contribution in [0.15, 0.2) is 22.7 Å². The van der Waals surface area contributed by atoms with Gasteiger partial charge >= 0.3 is 0 Å². The lowest BCUT2D eigenvalue weighted by Gasteiger charge is -2.05. The Morgan fingerprint density at radius 1 is 1.53 bits per heavy atom. The highest BCUT2D eigenvalue weighted by atomic mass is 79.9. The van der Waals surface area contributed by atoms with Crippen molar-refractivity contribution >= 4 is 27.5 Å². The quantitative estimate of drug-likeness (QED) is 0.876. The number of halogens is 1. The molecule has 0 saturated heterocycles. The van der Waals surface area contributed by atoms with Crippen LogP contribution < -0.4 is 5.32 Å². The summed E-state index contributed by atoms with van der Waals surface area (Å²) in [5.41, 5.74) is 3.94. The molecule has 19 heavy (non-hydrogen) atoms. The fourth-order valence-electron chi connectivity index (χ4n) is 2.26. The van der Waals surface area contributed by atoms with Gasteiger partial charge in [0, 0.05) is 18.3 Å². The minimum absolute atomic E-state index is 0.00827. The van der Waals surface area contributed by atoms with Crippen molar-refractivity contribution in [2.45, 2.75) is 6.42 Å². The molecule has 1 N–H and O–H groups in total. The van der Waals surface area contributed by atoms with Crippen LogP contribution in [0.5, 0.6) is 0 Å². The van der Waals surface area contributed by atoms with Gasteiger partial charge in [-0.1, -0.05) is 6.07 Å². The van der Waals surface area contributed by atoms with Crippen LogP contribution in [0.2, 0.25) is 0 Å². The fourth-order valence-corrected chi connectivity index (χ4v) is 2.91. The van der Waals surface area contributed by atoms with Gasteiger partial charge in [0.15, 0.2) is 5.69 Å². The van der Waals surface area contributed by atoms with E-state index in [1.165, 1.54) is 0 Å². The summed E-state index contributed by atoms with van der Waals surface area (Å²) in [6.07, 6.45) is 0.393. The fraction of sp³-hybridized carbons (Fsp3) is 0.154. The Balaban J connectivity index is 2.14. The van der Waals surface area contributed by atoms with Crippen LogP contribution in [0.3, 0.4) is 0 Å². The highest BCUT2D eigenvalue weighted by molar-refractivity contribution is 9.10. The minimum atomic E-state index is 0.00827. The third kappa shape index (κ3) is 1.83. The second-order valence-electron chi connectivity index (χ2n) is 4.34. The van der Waals surface area contributed by atoms with E-state index in [9.17, 15) is 4.79 Å². The Labute approximate surface area is 118 Å². The van der Waals surface area contributed by atoms with E-state index in [0.29, 0.717) is 16.6 Å².